The molecule has 0 saturated carbocycles. The molecule has 0 amide bonds. The van der Waals surface area contributed by atoms with Gasteiger partial charge in [0.15, 0.2) is 28.9 Å². The predicted molar refractivity (Wildman–Crippen MR) is 140 cm³/mol. The summed E-state index contributed by atoms with van der Waals surface area (Å²) in [4.78, 5) is 21.2. The van der Waals surface area contributed by atoms with Crippen molar-refractivity contribution < 1.29 is 9.47 Å². The van der Waals surface area contributed by atoms with Crippen LogP contribution in [0.2, 0.25) is 0 Å². The zero-order valence-corrected chi connectivity index (χ0v) is 20.9. The number of nitrogens with zero attached hydrogens (tertiary/aromatic N) is 8. The van der Waals surface area contributed by atoms with Crippen molar-refractivity contribution in [2.24, 2.45) is 0 Å². The van der Waals surface area contributed by atoms with Crippen LogP contribution in [0, 0.1) is 0 Å². The Hall–Kier alpha value is -4.31. The lowest BCUT2D eigenvalue weighted by Crippen LogP contribution is -2.37. The number of aryl methyl sites for hydroxylation is 1. The highest BCUT2D eigenvalue weighted by Gasteiger charge is 2.26. The van der Waals surface area contributed by atoms with Gasteiger partial charge in [0.05, 0.1) is 19.4 Å². The normalized spacial score (nSPS) is 14.7. The van der Waals surface area contributed by atoms with Crippen molar-refractivity contribution >= 4 is 17.0 Å². The lowest BCUT2D eigenvalue weighted by molar-refractivity contribution is 0.122. The number of ether oxygens (including phenoxy) is 2. The molecule has 37 heavy (non-hydrogen) atoms. The highest BCUT2D eigenvalue weighted by atomic mass is 16.5. The van der Waals surface area contributed by atoms with E-state index in [4.69, 9.17) is 24.4 Å². The lowest BCUT2D eigenvalue weighted by atomic mass is 10.1. The Morgan fingerprint density at radius 1 is 0.973 bits per heavy atom. The summed E-state index contributed by atoms with van der Waals surface area (Å²) in [5.74, 6) is 2.81. The minimum absolute atomic E-state index is 0.299. The van der Waals surface area contributed by atoms with E-state index >= 15 is 0 Å². The van der Waals surface area contributed by atoms with Crippen molar-refractivity contribution in [2.75, 3.05) is 31.2 Å². The molecular weight excluding hydrogens is 468 g/mol. The van der Waals surface area contributed by atoms with E-state index in [1.54, 1.807) is 17.1 Å². The Morgan fingerprint density at radius 3 is 2.51 bits per heavy atom. The molecule has 6 rings (SSSR count). The molecule has 188 valence electrons. The maximum Gasteiger partial charge on any atom is 0.254 e. The molecule has 5 aromatic rings. The molecule has 1 aliphatic heterocycles. The Bertz CT molecular complexity index is 1490. The zero-order chi connectivity index (χ0) is 25.2. The van der Waals surface area contributed by atoms with Crippen LogP contribution in [-0.2, 0) is 11.3 Å². The van der Waals surface area contributed by atoms with Crippen LogP contribution < -0.4 is 9.64 Å². The standard InChI is InChI=1S/C27H28N8O2/c1-3-34-24(19(2)37-22-9-11-28-12-10-22)30-23-25(33-13-15-36-16-14-33)31-27(32-26(23)34)35-18-21(17-29-35)20-7-5-4-6-8-20/h4-12,17-19H,3,13-16H2,1-2H3. The van der Waals surface area contributed by atoms with Crippen molar-refractivity contribution in [1.82, 2.24) is 34.3 Å². The molecule has 0 radical (unpaired) electrons. The van der Waals surface area contributed by atoms with E-state index in [0.717, 1.165) is 52.8 Å². The summed E-state index contributed by atoms with van der Waals surface area (Å²) in [7, 11) is 0. The topological polar surface area (TPSA) is 96.0 Å². The van der Waals surface area contributed by atoms with Gasteiger partial charge in [-0.3, -0.25) is 4.98 Å². The van der Waals surface area contributed by atoms with E-state index in [9.17, 15) is 0 Å². The third-order valence-corrected chi connectivity index (χ3v) is 6.44. The Balaban J connectivity index is 1.46. The predicted octanol–water partition coefficient (Wildman–Crippen LogP) is 4.07. The van der Waals surface area contributed by atoms with Crippen LogP contribution >= 0.6 is 0 Å². The van der Waals surface area contributed by atoms with E-state index < -0.39 is 0 Å². The second-order valence-corrected chi connectivity index (χ2v) is 8.82. The Kier molecular flexibility index (Phi) is 6.23. The number of fused-ring (bicyclic) bond motifs is 1. The van der Waals surface area contributed by atoms with Gasteiger partial charge in [-0.15, -0.1) is 0 Å². The molecule has 1 atom stereocenters. The number of pyridine rings is 1. The van der Waals surface area contributed by atoms with Crippen LogP contribution in [0.5, 0.6) is 5.75 Å². The number of benzene rings is 1. The zero-order valence-electron chi connectivity index (χ0n) is 20.9. The highest BCUT2D eigenvalue weighted by Crippen LogP contribution is 2.30. The molecule has 0 aliphatic carbocycles. The number of aromatic nitrogens is 7. The minimum atomic E-state index is -0.299. The molecule has 1 saturated heterocycles. The third-order valence-electron chi connectivity index (χ3n) is 6.44. The summed E-state index contributed by atoms with van der Waals surface area (Å²) < 4.78 is 15.6. The number of anilines is 1. The van der Waals surface area contributed by atoms with E-state index in [-0.39, 0.29) is 6.10 Å². The Morgan fingerprint density at radius 2 is 1.76 bits per heavy atom. The number of hydrogen-bond donors (Lipinski definition) is 0. The maximum atomic E-state index is 6.20. The third kappa shape index (κ3) is 4.51. The summed E-state index contributed by atoms with van der Waals surface area (Å²) in [6.07, 6.45) is 6.93. The van der Waals surface area contributed by atoms with Crippen molar-refractivity contribution in [3.8, 4) is 22.8 Å². The van der Waals surface area contributed by atoms with Crippen molar-refractivity contribution in [2.45, 2.75) is 26.5 Å². The van der Waals surface area contributed by atoms with Crippen molar-refractivity contribution in [1.29, 1.82) is 0 Å². The fourth-order valence-corrected chi connectivity index (χ4v) is 4.60. The SMILES string of the molecule is CCn1c(C(C)Oc2ccncc2)nc2c(N3CCOCC3)nc(-n3cc(-c4ccccc4)cn3)nc21. The van der Waals surface area contributed by atoms with Crippen LogP contribution in [0.3, 0.4) is 0 Å². The molecule has 4 aromatic heterocycles. The van der Waals surface area contributed by atoms with Crippen LogP contribution in [0.15, 0.2) is 67.3 Å². The smallest absolute Gasteiger partial charge is 0.254 e. The molecule has 10 nitrogen and oxygen atoms in total. The van der Waals surface area contributed by atoms with Gasteiger partial charge in [0.2, 0.25) is 0 Å². The van der Waals surface area contributed by atoms with Crippen LogP contribution in [-0.4, -0.2) is 60.6 Å². The van der Waals surface area contributed by atoms with Gasteiger partial charge in [-0.1, -0.05) is 30.3 Å². The molecule has 1 fully saturated rings. The van der Waals surface area contributed by atoms with Gasteiger partial charge in [0, 0.05) is 43.8 Å². The molecule has 0 bridgehead atoms. The minimum Gasteiger partial charge on any atom is -0.483 e. The molecule has 5 heterocycles. The van der Waals surface area contributed by atoms with E-state index in [1.165, 1.54) is 0 Å². The molecule has 0 spiro atoms. The van der Waals surface area contributed by atoms with E-state index in [0.29, 0.717) is 25.7 Å². The average Bonchev–Trinajstić information content (AvgIpc) is 3.59. The Labute approximate surface area is 214 Å². The first-order valence-corrected chi connectivity index (χ1v) is 12.5. The number of morpholine rings is 1. The molecule has 0 N–H and O–H groups in total. The monoisotopic (exact) mass is 496 g/mol. The molecule has 1 aromatic carbocycles. The second-order valence-electron chi connectivity index (χ2n) is 8.82. The van der Waals surface area contributed by atoms with Gasteiger partial charge in [0.25, 0.3) is 5.95 Å². The first-order chi connectivity index (χ1) is 18.2. The van der Waals surface area contributed by atoms with Crippen molar-refractivity contribution in [3.63, 3.8) is 0 Å². The van der Waals surface area contributed by atoms with Gasteiger partial charge in [-0.2, -0.15) is 15.1 Å². The second kappa shape index (κ2) is 9.98. The number of imidazole rings is 1. The summed E-state index contributed by atoms with van der Waals surface area (Å²) >= 11 is 0. The summed E-state index contributed by atoms with van der Waals surface area (Å²) in [5.41, 5.74) is 3.60. The maximum absolute atomic E-state index is 6.20. The van der Waals surface area contributed by atoms with Gasteiger partial charge in [-0.05, 0) is 31.5 Å². The summed E-state index contributed by atoms with van der Waals surface area (Å²) in [6.45, 7) is 7.52. The number of rotatable bonds is 7. The van der Waals surface area contributed by atoms with Gasteiger partial charge < -0.3 is 18.9 Å². The molecule has 1 aliphatic rings. The lowest BCUT2D eigenvalue weighted by Gasteiger charge is -2.28. The van der Waals surface area contributed by atoms with Crippen LogP contribution in [0.1, 0.15) is 25.8 Å². The fourth-order valence-electron chi connectivity index (χ4n) is 4.60. The van der Waals surface area contributed by atoms with Gasteiger partial charge in [0.1, 0.15) is 5.75 Å². The van der Waals surface area contributed by atoms with E-state index in [1.807, 2.05) is 49.6 Å². The molecule has 10 heteroatoms. The quantitative estimate of drug-likeness (QED) is 0.333. The van der Waals surface area contributed by atoms with Crippen LogP contribution in [0.4, 0.5) is 5.82 Å². The molecule has 1 unspecified atom stereocenters. The van der Waals surface area contributed by atoms with Crippen LogP contribution in [0.25, 0.3) is 28.2 Å². The van der Waals surface area contributed by atoms with Crippen molar-refractivity contribution in [3.05, 3.63) is 73.1 Å². The summed E-state index contributed by atoms with van der Waals surface area (Å²) in [6, 6.07) is 13.8. The fraction of sp³-hybridized carbons (Fsp3) is 0.296. The largest absolute Gasteiger partial charge is 0.483 e. The average molecular weight is 497 g/mol. The first-order valence-electron chi connectivity index (χ1n) is 12.5. The first kappa shape index (κ1) is 23.1. The number of hydrogen-bond acceptors (Lipinski definition) is 8. The van der Waals surface area contributed by atoms with E-state index in [2.05, 4.69) is 38.6 Å². The van der Waals surface area contributed by atoms with Gasteiger partial charge >= 0.3 is 0 Å². The molecular formula is C27H28N8O2. The summed E-state index contributed by atoms with van der Waals surface area (Å²) in [5, 5.41) is 4.60. The highest BCUT2D eigenvalue weighted by molar-refractivity contribution is 5.85. The van der Waals surface area contributed by atoms with Gasteiger partial charge in [-0.25, -0.2) is 9.67 Å².